The second kappa shape index (κ2) is 4.79. The second-order valence-electron chi connectivity index (χ2n) is 7.83. The van der Waals surface area contributed by atoms with Gasteiger partial charge in [0.1, 0.15) is 5.41 Å². The third-order valence-electron chi connectivity index (χ3n) is 7.03. The zero-order chi connectivity index (χ0) is 16.5. The third-order valence-corrected chi connectivity index (χ3v) is 7.03. The van der Waals surface area contributed by atoms with Gasteiger partial charge in [0.2, 0.25) is 0 Å². The van der Waals surface area contributed by atoms with E-state index in [4.69, 9.17) is 4.74 Å². The highest BCUT2D eigenvalue weighted by Crippen LogP contribution is 2.62. The van der Waals surface area contributed by atoms with Crippen LogP contribution in [0.15, 0.2) is 24.3 Å². The first-order valence-electron chi connectivity index (χ1n) is 8.62. The molecule has 4 aliphatic carbocycles. The van der Waals surface area contributed by atoms with E-state index in [0.29, 0.717) is 0 Å². The highest BCUT2D eigenvalue weighted by molar-refractivity contribution is 6.07. The van der Waals surface area contributed by atoms with Crippen molar-refractivity contribution in [1.82, 2.24) is 0 Å². The molecule has 124 valence electrons. The van der Waals surface area contributed by atoms with E-state index in [2.05, 4.69) is 12.2 Å². The summed E-state index contributed by atoms with van der Waals surface area (Å²) in [5, 5.41) is 11.2. The molecule has 0 amide bonds. The summed E-state index contributed by atoms with van der Waals surface area (Å²) in [4.78, 5) is 26.4. The fraction of sp³-hybridized carbons (Fsp3) is 0.684. The van der Waals surface area contributed by atoms with Crippen molar-refractivity contribution in [2.75, 3.05) is 7.11 Å². The molecule has 0 heterocycles. The molecule has 0 spiro atoms. The SMILES string of the molecule is COC(=O)[C@]12C(=O)C3C(C(O)[C@@H]1C(C)C=CC2C)[C@@H]1C=C[C@@H]3C1. The van der Waals surface area contributed by atoms with Crippen molar-refractivity contribution in [3.8, 4) is 0 Å². The molecular weight excluding hydrogens is 292 g/mol. The van der Waals surface area contributed by atoms with Gasteiger partial charge in [0.15, 0.2) is 5.78 Å². The molecule has 0 saturated heterocycles. The van der Waals surface area contributed by atoms with Gasteiger partial charge in [-0.3, -0.25) is 9.59 Å². The first kappa shape index (κ1) is 15.1. The summed E-state index contributed by atoms with van der Waals surface area (Å²) >= 11 is 0. The summed E-state index contributed by atoms with van der Waals surface area (Å²) in [5.41, 5.74) is -1.23. The summed E-state index contributed by atoms with van der Waals surface area (Å²) in [5.74, 6) is -0.966. The van der Waals surface area contributed by atoms with Crippen LogP contribution >= 0.6 is 0 Å². The number of ether oxygens (including phenoxy) is 1. The number of fused-ring (bicyclic) bond motifs is 6. The predicted octanol–water partition coefficient (Wildman–Crippen LogP) is 1.99. The Morgan fingerprint density at radius 1 is 1.22 bits per heavy atom. The van der Waals surface area contributed by atoms with Crippen molar-refractivity contribution >= 4 is 11.8 Å². The van der Waals surface area contributed by atoms with Crippen LogP contribution in [-0.2, 0) is 14.3 Å². The van der Waals surface area contributed by atoms with E-state index < -0.39 is 23.4 Å². The Hall–Kier alpha value is -1.42. The maximum absolute atomic E-state index is 13.6. The molecule has 2 fully saturated rings. The average molecular weight is 316 g/mol. The number of rotatable bonds is 1. The van der Waals surface area contributed by atoms with Crippen LogP contribution in [0.1, 0.15) is 20.3 Å². The quantitative estimate of drug-likeness (QED) is 0.456. The maximum atomic E-state index is 13.6. The summed E-state index contributed by atoms with van der Waals surface area (Å²) in [6.45, 7) is 3.89. The van der Waals surface area contributed by atoms with Crippen LogP contribution in [0.5, 0.6) is 0 Å². The molecule has 4 rings (SSSR count). The average Bonchev–Trinajstić information content (AvgIpc) is 3.15. The number of esters is 1. The Balaban J connectivity index is 1.91. The number of hydrogen-bond donors (Lipinski definition) is 1. The van der Waals surface area contributed by atoms with Crippen molar-refractivity contribution in [2.24, 2.45) is 46.8 Å². The van der Waals surface area contributed by atoms with E-state index in [-0.39, 0.29) is 41.3 Å². The zero-order valence-electron chi connectivity index (χ0n) is 13.8. The third kappa shape index (κ3) is 1.60. The fourth-order valence-electron chi connectivity index (χ4n) is 6.10. The van der Waals surface area contributed by atoms with E-state index >= 15 is 0 Å². The predicted molar refractivity (Wildman–Crippen MR) is 84.1 cm³/mol. The van der Waals surface area contributed by atoms with Gasteiger partial charge < -0.3 is 9.84 Å². The molecule has 2 saturated carbocycles. The van der Waals surface area contributed by atoms with E-state index in [9.17, 15) is 14.7 Å². The van der Waals surface area contributed by atoms with Gasteiger partial charge in [0.05, 0.1) is 13.2 Å². The minimum atomic E-state index is -1.23. The van der Waals surface area contributed by atoms with Crippen LogP contribution in [0.4, 0.5) is 0 Å². The number of hydrogen-bond acceptors (Lipinski definition) is 4. The number of allylic oxidation sites excluding steroid dienone is 4. The number of ketones is 1. The van der Waals surface area contributed by atoms with Crippen molar-refractivity contribution < 1.29 is 19.4 Å². The van der Waals surface area contributed by atoms with Gasteiger partial charge in [-0.15, -0.1) is 0 Å². The highest BCUT2D eigenvalue weighted by atomic mass is 16.5. The molecule has 23 heavy (non-hydrogen) atoms. The van der Waals surface area contributed by atoms with E-state index in [1.54, 1.807) is 0 Å². The largest absolute Gasteiger partial charge is 0.468 e. The number of aliphatic hydroxyl groups is 1. The Morgan fingerprint density at radius 3 is 2.61 bits per heavy atom. The van der Waals surface area contributed by atoms with Crippen LogP contribution in [0.25, 0.3) is 0 Å². The molecular formula is C19H24O4. The van der Waals surface area contributed by atoms with E-state index in [1.165, 1.54) is 7.11 Å². The van der Waals surface area contributed by atoms with Gasteiger partial charge in [0, 0.05) is 17.8 Å². The molecule has 2 bridgehead atoms. The minimum Gasteiger partial charge on any atom is -0.468 e. The van der Waals surface area contributed by atoms with E-state index in [1.807, 2.05) is 26.0 Å². The fourth-order valence-corrected chi connectivity index (χ4v) is 6.10. The molecule has 5 unspecified atom stereocenters. The molecule has 4 aliphatic rings. The molecule has 0 aromatic rings. The van der Waals surface area contributed by atoms with Crippen LogP contribution in [0.2, 0.25) is 0 Å². The topological polar surface area (TPSA) is 63.6 Å². The molecule has 4 nitrogen and oxygen atoms in total. The molecule has 0 aliphatic heterocycles. The van der Waals surface area contributed by atoms with Crippen molar-refractivity contribution in [1.29, 1.82) is 0 Å². The molecule has 0 radical (unpaired) electrons. The lowest BCUT2D eigenvalue weighted by atomic mass is 9.47. The molecule has 4 heteroatoms. The van der Waals surface area contributed by atoms with Gasteiger partial charge in [0.25, 0.3) is 0 Å². The number of methoxy groups -OCH3 is 1. The molecule has 1 N–H and O–H groups in total. The Kier molecular flexibility index (Phi) is 3.15. The summed E-state index contributed by atoms with van der Waals surface area (Å²) in [6, 6.07) is 0. The number of carbonyl (C=O) groups is 2. The highest BCUT2D eigenvalue weighted by Gasteiger charge is 2.70. The Bertz CT molecular complexity index is 621. The summed E-state index contributed by atoms with van der Waals surface area (Å²) < 4.78 is 5.09. The monoisotopic (exact) mass is 316 g/mol. The lowest BCUT2D eigenvalue weighted by Gasteiger charge is -2.55. The normalized spacial score (nSPS) is 53.1. The first-order chi connectivity index (χ1) is 10.9. The molecule has 0 aromatic heterocycles. The van der Waals surface area contributed by atoms with E-state index in [0.717, 1.165) is 6.42 Å². The van der Waals surface area contributed by atoms with Gasteiger partial charge in [-0.05, 0) is 30.1 Å². The molecule has 0 aromatic carbocycles. The lowest BCUT2D eigenvalue weighted by molar-refractivity contribution is -0.188. The summed E-state index contributed by atoms with van der Waals surface area (Å²) in [7, 11) is 1.34. The standard InChI is InChI=1S/C19H24O4/c1-9-4-5-10(2)19(18(22)23-3)15(9)16(20)13-11-6-7-12(8-11)14(13)17(19)21/h4-7,9-16,20H,8H2,1-3H3/t9?,10?,11-,12-,13?,14?,15+,16?,19+/m1/s1. The molecule has 9 atom stereocenters. The van der Waals surface area contributed by atoms with Crippen LogP contribution in [0, 0.1) is 46.8 Å². The van der Waals surface area contributed by atoms with Gasteiger partial charge in [-0.2, -0.15) is 0 Å². The Labute approximate surface area is 136 Å². The van der Waals surface area contributed by atoms with Crippen molar-refractivity contribution in [3.63, 3.8) is 0 Å². The van der Waals surface area contributed by atoms with Gasteiger partial charge in [-0.25, -0.2) is 0 Å². The number of carbonyl (C=O) groups excluding carboxylic acids is 2. The first-order valence-corrected chi connectivity index (χ1v) is 8.62. The van der Waals surface area contributed by atoms with Crippen molar-refractivity contribution in [3.05, 3.63) is 24.3 Å². The van der Waals surface area contributed by atoms with Gasteiger partial charge in [-0.1, -0.05) is 38.2 Å². The minimum absolute atomic E-state index is 0.00481. The van der Waals surface area contributed by atoms with Crippen LogP contribution in [-0.4, -0.2) is 30.1 Å². The van der Waals surface area contributed by atoms with Crippen LogP contribution < -0.4 is 0 Å². The smallest absolute Gasteiger partial charge is 0.320 e. The second-order valence-corrected chi connectivity index (χ2v) is 7.83. The van der Waals surface area contributed by atoms with Gasteiger partial charge >= 0.3 is 5.97 Å². The van der Waals surface area contributed by atoms with Crippen molar-refractivity contribution in [2.45, 2.75) is 26.4 Å². The zero-order valence-corrected chi connectivity index (χ0v) is 13.8. The number of Topliss-reactive ketones (excluding diaryl/α,β-unsaturated/α-hetero) is 1. The maximum Gasteiger partial charge on any atom is 0.320 e. The summed E-state index contributed by atoms with van der Waals surface area (Å²) in [6.07, 6.45) is 8.54. The lowest BCUT2D eigenvalue weighted by Crippen LogP contribution is -2.66. The number of aliphatic hydroxyl groups excluding tert-OH is 1. The Morgan fingerprint density at radius 2 is 1.91 bits per heavy atom. The van der Waals surface area contributed by atoms with Crippen LogP contribution in [0.3, 0.4) is 0 Å².